The molecule has 2 atom stereocenters. The summed E-state index contributed by atoms with van der Waals surface area (Å²) >= 11 is 0. The van der Waals surface area contributed by atoms with E-state index in [1.165, 1.54) is 0 Å². The average molecular weight is 333 g/mol. The van der Waals surface area contributed by atoms with Crippen LogP contribution in [0.1, 0.15) is 18.4 Å². The first kappa shape index (κ1) is 16.8. The Bertz CT molecular complexity index is 632. The lowest BCUT2D eigenvalue weighted by atomic mass is 9.76. The molecule has 24 heavy (non-hydrogen) atoms. The topological polar surface area (TPSA) is 76.1 Å². The molecule has 2 aliphatic rings. The standard InChI is InChI=1S/C18H23NO5/c1-23-15-5-3-2-4-13(15)6-7-16(20)19-10-14-8-9-24-12-18(14,11-19)17(21)22/h2-5,14H,6-12H2,1H3,(H,21,22)/t14-,18+/m0/s1. The van der Waals surface area contributed by atoms with Crippen molar-refractivity contribution in [1.29, 1.82) is 0 Å². The number of rotatable bonds is 5. The Morgan fingerprint density at radius 3 is 2.92 bits per heavy atom. The molecule has 6 heteroatoms. The quantitative estimate of drug-likeness (QED) is 0.885. The lowest BCUT2D eigenvalue weighted by molar-refractivity contribution is -0.159. The number of carboxylic acid groups (broad SMARTS) is 1. The molecule has 0 bridgehead atoms. The van der Waals surface area contributed by atoms with Crippen LogP contribution in [0.3, 0.4) is 0 Å². The molecule has 0 aromatic heterocycles. The number of hydrogen-bond acceptors (Lipinski definition) is 4. The summed E-state index contributed by atoms with van der Waals surface area (Å²) in [5.41, 5.74) is 0.0551. The highest BCUT2D eigenvalue weighted by atomic mass is 16.5. The first-order chi connectivity index (χ1) is 11.6. The third kappa shape index (κ3) is 2.98. The number of aryl methyl sites for hydroxylation is 1. The van der Waals surface area contributed by atoms with Gasteiger partial charge in [-0.1, -0.05) is 18.2 Å². The van der Waals surface area contributed by atoms with Crippen molar-refractivity contribution in [2.45, 2.75) is 19.3 Å². The van der Waals surface area contributed by atoms with Crippen LogP contribution in [0.15, 0.2) is 24.3 Å². The number of aliphatic carboxylic acids is 1. The van der Waals surface area contributed by atoms with E-state index in [-0.39, 0.29) is 25.0 Å². The van der Waals surface area contributed by atoms with Crippen LogP contribution in [0.4, 0.5) is 0 Å². The number of likely N-dealkylation sites (tertiary alicyclic amines) is 1. The Balaban J connectivity index is 1.65. The van der Waals surface area contributed by atoms with E-state index in [9.17, 15) is 14.7 Å². The van der Waals surface area contributed by atoms with Gasteiger partial charge in [-0.05, 0) is 30.4 Å². The maximum absolute atomic E-state index is 12.6. The second kappa shape index (κ2) is 6.81. The Morgan fingerprint density at radius 1 is 1.42 bits per heavy atom. The Kier molecular flexibility index (Phi) is 4.76. The van der Waals surface area contributed by atoms with Crippen LogP contribution in [0.5, 0.6) is 5.75 Å². The summed E-state index contributed by atoms with van der Waals surface area (Å²) in [6.45, 7) is 1.53. The summed E-state index contributed by atoms with van der Waals surface area (Å²) in [6.07, 6.45) is 1.63. The largest absolute Gasteiger partial charge is 0.496 e. The molecule has 0 unspecified atom stereocenters. The van der Waals surface area contributed by atoms with Gasteiger partial charge in [0.15, 0.2) is 0 Å². The third-order valence-corrected chi connectivity index (χ3v) is 5.24. The number of amides is 1. The lowest BCUT2D eigenvalue weighted by Crippen LogP contribution is -2.46. The Morgan fingerprint density at radius 2 is 2.21 bits per heavy atom. The van der Waals surface area contributed by atoms with Crippen molar-refractivity contribution in [2.75, 3.05) is 33.4 Å². The van der Waals surface area contributed by atoms with Crippen molar-refractivity contribution >= 4 is 11.9 Å². The van der Waals surface area contributed by atoms with E-state index in [0.717, 1.165) is 11.3 Å². The molecule has 6 nitrogen and oxygen atoms in total. The van der Waals surface area contributed by atoms with Gasteiger partial charge in [0.1, 0.15) is 11.2 Å². The highest BCUT2D eigenvalue weighted by Crippen LogP contribution is 2.41. The van der Waals surface area contributed by atoms with Gasteiger partial charge in [0.05, 0.1) is 13.7 Å². The van der Waals surface area contributed by atoms with Gasteiger partial charge in [-0.15, -0.1) is 0 Å². The number of para-hydroxylation sites is 1. The number of methoxy groups -OCH3 is 1. The molecule has 1 N–H and O–H groups in total. The number of fused-ring (bicyclic) bond motifs is 1. The van der Waals surface area contributed by atoms with Crippen LogP contribution in [0, 0.1) is 11.3 Å². The van der Waals surface area contributed by atoms with Gasteiger partial charge in [0, 0.05) is 26.1 Å². The fourth-order valence-electron chi connectivity index (χ4n) is 3.79. The summed E-state index contributed by atoms with van der Waals surface area (Å²) in [7, 11) is 1.61. The molecule has 3 rings (SSSR count). The van der Waals surface area contributed by atoms with Crippen LogP contribution in [0.2, 0.25) is 0 Å². The third-order valence-electron chi connectivity index (χ3n) is 5.24. The smallest absolute Gasteiger partial charge is 0.314 e. The molecular formula is C18H23NO5. The zero-order valence-electron chi connectivity index (χ0n) is 13.9. The van der Waals surface area contributed by atoms with E-state index in [4.69, 9.17) is 9.47 Å². The predicted octanol–water partition coefficient (Wildman–Crippen LogP) is 1.58. The minimum atomic E-state index is -0.932. The van der Waals surface area contributed by atoms with E-state index >= 15 is 0 Å². The van der Waals surface area contributed by atoms with Gasteiger partial charge in [-0.2, -0.15) is 0 Å². The molecule has 0 saturated carbocycles. The predicted molar refractivity (Wildman–Crippen MR) is 86.9 cm³/mol. The summed E-state index contributed by atoms with van der Waals surface area (Å²) < 4.78 is 10.7. The molecular weight excluding hydrogens is 310 g/mol. The number of ether oxygens (including phenoxy) is 2. The normalized spacial score (nSPS) is 26.0. The molecule has 2 heterocycles. The number of carbonyl (C=O) groups excluding carboxylic acids is 1. The van der Waals surface area contributed by atoms with Crippen LogP contribution < -0.4 is 4.74 Å². The maximum atomic E-state index is 12.6. The number of carbonyl (C=O) groups is 2. The van der Waals surface area contributed by atoms with Crippen molar-refractivity contribution in [3.8, 4) is 5.75 Å². The molecule has 1 aromatic carbocycles. The van der Waals surface area contributed by atoms with Gasteiger partial charge in [0.2, 0.25) is 5.91 Å². The van der Waals surface area contributed by atoms with Crippen molar-refractivity contribution in [3.63, 3.8) is 0 Å². The molecule has 130 valence electrons. The van der Waals surface area contributed by atoms with Crippen LogP contribution in [-0.4, -0.2) is 55.3 Å². The van der Waals surface area contributed by atoms with Gasteiger partial charge in [-0.3, -0.25) is 9.59 Å². The number of nitrogens with zero attached hydrogens (tertiary/aromatic N) is 1. The van der Waals surface area contributed by atoms with E-state index < -0.39 is 11.4 Å². The first-order valence-electron chi connectivity index (χ1n) is 8.27. The summed E-state index contributed by atoms with van der Waals surface area (Å²) in [4.78, 5) is 26.0. The monoisotopic (exact) mass is 333 g/mol. The number of hydrogen-bond donors (Lipinski definition) is 1. The molecule has 0 aliphatic carbocycles. The zero-order valence-corrected chi connectivity index (χ0v) is 13.9. The highest BCUT2D eigenvalue weighted by Gasteiger charge is 2.55. The first-order valence-corrected chi connectivity index (χ1v) is 8.27. The van der Waals surface area contributed by atoms with Crippen LogP contribution in [-0.2, 0) is 20.7 Å². The van der Waals surface area contributed by atoms with Crippen molar-refractivity contribution in [1.82, 2.24) is 4.90 Å². The van der Waals surface area contributed by atoms with E-state index in [1.54, 1.807) is 12.0 Å². The van der Waals surface area contributed by atoms with Gasteiger partial charge in [0.25, 0.3) is 0 Å². The fourth-order valence-corrected chi connectivity index (χ4v) is 3.79. The van der Waals surface area contributed by atoms with Gasteiger partial charge >= 0.3 is 5.97 Å². The van der Waals surface area contributed by atoms with Crippen LogP contribution in [0.25, 0.3) is 0 Å². The summed E-state index contributed by atoms with van der Waals surface area (Å²) in [5.74, 6) is -0.0991. The molecule has 2 saturated heterocycles. The highest BCUT2D eigenvalue weighted by molar-refractivity contribution is 5.81. The minimum absolute atomic E-state index is 0.00377. The summed E-state index contributed by atoms with van der Waals surface area (Å²) in [6, 6.07) is 7.64. The molecule has 1 aromatic rings. The molecule has 2 fully saturated rings. The number of carboxylic acids is 1. The maximum Gasteiger partial charge on any atom is 0.314 e. The molecule has 0 radical (unpaired) electrons. The average Bonchev–Trinajstić information content (AvgIpc) is 3.01. The number of benzene rings is 1. The Hall–Kier alpha value is -2.08. The fraction of sp³-hybridized carbons (Fsp3) is 0.556. The second-order valence-corrected chi connectivity index (χ2v) is 6.59. The zero-order chi connectivity index (χ0) is 17.2. The minimum Gasteiger partial charge on any atom is -0.496 e. The van der Waals surface area contributed by atoms with E-state index in [2.05, 4.69) is 0 Å². The Labute approximate surface area is 141 Å². The van der Waals surface area contributed by atoms with E-state index in [1.807, 2.05) is 24.3 Å². The molecule has 2 aliphatic heterocycles. The van der Waals surface area contributed by atoms with Gasteiger partial charge < -0.3 is 19.5 Å². The van der Waals surface area contributed by atoms with E-state index in [0.29, 0.717) is 32.4 Å². The van der Waals surface area contributed by atoms with Crippen molar-refractivity contribution in [2.24, 2.45) is 11.3 Å². The summed E-state index contributed by atoms with van der Waals surface area (Å²) in [5, 5.41) is 9.64. The molecule has 1 amide bonds. The second-order valence-electron chi connectivity index (χ2n) is 6.59. The SMILES string of the molecule is COc1ccccc1CCC(=O)N1C[C@@H]2CCOC[C@]2(C(=O)O)C1. The van der Waals surface area contributed by atoms with Gasteiger partial charge in [-0.25, -0.2) is 0 Å². The van der Waals surface area contributed by atoms with Crippen molar-refractivity contribution < 1.29 is 24.2 Å². The lowest BCUT2D eigenvalue weighted by Gasteiger charge is -2.33. The van der Waals surface area contributed by atoms with Crippen molar-refractivity contribution in [3.05, 3.63) is 29.8 Å². The van der Waals surface area contributed by atoms with Crippen LogP contribution >= 0.6 is 0 Å². The molecule has 0 spiro atoms.